The fourth-order valence-corrected chi connectivity index (χ4v) is 1.16. The number of ether oxygens (including phenoxy) is 1. The normalized spacial score (nSPS) is 11.1. The van der Waals surface area contributed by atoms with Crippen molar-refractivity contribution in [1.29, 1.82) is 0 Å². The fraction of sp³-hybridized carbons (Fsp3) is 0.364. The molecule has 4 nitrogen and oxygen atoms in total. The van der Waals surface area contributed by atoms with Crippen molar-refractivity contribution in [2.75, 3.05) is 13.7 Å². The molecular weight excluding hydrogens is 251 g/mol. The molecule has 100 valence electrons. The monoisotopic (exact) mass is 263 g/mol. The number of hydrogen-bond donors (Lipinski definition) is 1. The fourth-order valence-electron chi connectivity index (χ4n) is 1.16. The summed E-state index contributed by atoms with van der Waals surface area (Å²) < 4.78 is 40.1. The first kappa shape index (κ1) is 14.3. The first-order valence-electron chi connectivity index (χ1n) is 5.01. The quantitative estimate of drug-likeness (QED) is 0.825. The molecule has 0 saturated heterocycles. The number of hydroxylamine groups is 1. The number of benzene rings is 1. The Bertz CT molecular complexity index is 390. The van der Waals surface area contributed by atoms with Crippen molar-refractivity contribution in [2.45, 2.75) is 12.6 Å². The Balaban J connectivity index is 2.35. The van der Waals surface area contributed by atoms with Gasteiger partial charge in [-0.2, -0.15) is 13.2 Å². The molecule has 1 aromatic carbocycles. The van der Waals surface area contributed by atoms with Gasteiger partial charge in [-0.25, -0.2) is 5.48 Å². The predicted molar refractivity (Wildman–Crippen MR) is 56.8 cm³/mol. The van der Waals surface area contributed by atoms with Gasteiger partial charge in [0, 0.05) is 0 Å². The van der Waals surface area contributed by atoms with Crippen LogP contribution in [0.25, 0.3) is 0 Å². The lowest BCUT2D eigenvalue weighted by molar-refractivity contribution is -0.191. The van der Waals surface area contributed by atoms with Crippen molar-refractivity contribution >= 4 is 5.91 Å². The summed E-state index contributed by atoms with van der Waals surface area (Å²) in [4.78, 5) is 15.2. The molecule has 0 aromatic heterocycles. The molecule has 1 aromatic rings. The molecule has 0 atom stereocenters. The molecule has 0 aliphatic carbocycles. The Morgan fingerprint density at radius 2 is 1.89 bits per heavy atom. The van der Waals surface area contributed by atoms with E-state index in [4.69, 9.17) is 4.74 Å². The van der Waals surface area contributed by atoms with E-state index in [0.29, 0.717) is 11.3 Å². The summed E-state index contributed by atoms with van der Waals surface area (Å²) in [5.74, 6) is -0.0168. The smallest absolute Gasteiger partial charge is 0.414 e. The molecule has 1 amide bonds. The van der Waals surface area contributed by atoms with Gasteiger partial charge in [-0.15, -0.1) is 0 Å². The Labute approximate surface area is 102 Å². The summed E-state index contributed by atoms with van der Waals surface area (Å²) in [6, 6.07) is 6.59. The van der Waals surface area contributed by atoms with E-state index in [1.807, 2.05) is 0 Å². The van der Waals surface area contributed by atoms with Crippen LogP contribution in [0.15, 0.2) is 24.3 Å². The number of nitrogens with one attached hydrogen (secondary N) is 1. The maximum Gasteiger partial charge on any atom is 0.414 e. The molecule has 0 unspecified atom stereocenters. The molecular formula is C11H12F3NO3. The second kappa shape index (κ2) is 6.25. The number of hydrogen-bond acceptors (Lipinski definition) is 3. The van der Waals surface area contributed by atoms with E-state index in [-0.39, 0.29) is 6.42 Å². The maximum absolute atomic E-state index is 11.7. The van der Waals surface area contributed by atoms with Gasteiger partial charge in [0.15, 0.2) is 6.61 Å². The summed E-state index contributed by atoms with van der Waals surface area (Å²) in [5, 5.41) is 0. The lowest BCUT2D eigenvalue weighted by atomic mass is 10.1. The molecule has 0 radical (unpaired) electrons. The minimum Gasteiger partial charge on any atom is -0.497 e. The lowest BCUT2D eigenvalue weighted by Gasteiger charge is -2.08. The molecule has 0 aliphatic heterocycles. The van der Waals surface area contributed by atoms with E-state index < -0.39 is 18.7 Å². The highest BCUT2D eigenvalue weighted by Gasteiger charge is 2.28. The zero-order valence-electron chi connectivity index (χ0n) is 9.58. The van der Waals surface area contributed by atoms with E-state index in [0.717, 1.165) is 0 Å². The highest BCUT2D eigenvalue weighted by atomic mass is 19.4. The van der Waals surface area contributed by atoms with Gasteiger partial charge < -0.3 is 4.74 Å². The molecule has 7 heteroatoms. The SMILES string of the molecule is COc1ccc(CC(=O)NOCC(F)(F)F)cc1. The molecule has 0 heterocycles. The number of alkyl halides is 3. The molecule has 0 bridgehead atoms. The van der Waals surface area contributed by atoms with Gasteiger partial charge in [-0.3, -0.25) is 9.63 Å². The highest BCUT2D eigenvalue weighted by molar-refractivity contribution is 5.77. The van der Waals surface area contributed by atoms with Gasteiger partial charge in [0.2, 0.25) is 5.91 Å². The number of halogens is 3. The second-order valence-corrected chi connectivity index (χ2v) is 3.45. The van der Waals surface area contributed by atoms with E-state index in [1.165, 1.54) is 7.11 Å². The standard InChI is InChI=1S/C11H12F3NO3/c1-17-9-4-2-8(3-5-9)6-10(16)15-18-7-11(12,13)14/h2-5H,6-7H2,1H3,(H,15,16). The van der Waals surface area contributed by atoms with E-state index in [2.05, 4.69) is 4.84 Å². The van der Waals surface area contributed by atoms with Crippen LogP contribution in [0.1, 0.15) is 5.56 Å². The van der Waals surface area contributed by atoms with Crippen molar-refractivity contribution in [2.24, 2.45) is 0 Å². The van der Waals surface area contributed by atoms with Crippen LogP contribution in [0.4, 0.5) is 13.2 Å². The molecule has 1 N–H and O–H groups in total. The summed E-state index contributed by atoms with van der Waals surface area (Å²) >= 11 is 0. The van der Waals surface area contributed by atoms with Crippen LogP contribution in [0.2, 0.25) is 0 Å². The van der Waals surface area contributed by atoms with Gasteiger partial charge in [-0.1, -0.05) is 12.1 Å². The van der Waals surface area contributed by atoms with Gasteiger partial charge in [-0.05, 0) is 17.7 Å². The Kier molecular flexibility index (Phi) is 4.96. The molecule has 0 saturated carbocycles. The zero-order valence-corrected chi connectivity index (χ0v) is 9.58. The molecule has 0 aliphatic rings. The Morgan fingerprint density at radius 1 is 1.28 bits per heavy atom. The van der Waals surface area contributed by atoms with Crippen LogP contribution in [0.5, 0.6) is 5.75 Å². The van der Waals surface area contributed by atoms with Crippen molar-refractivity contribution < 1.29 is 27.5 Å². The minimum atomic E-state index is -4.46. The third kappa shape index (κ3) is 5.53. The topological polar surface area (TPSA) is 47.6 Å². The first-order valence-corrected chi connectivity index (χ1v) is 5.01. The summed E-state index contributed by atoms with van der Waals surface area (Å²) in [7, 11) is 1.51. The molecule has 1 rings (SSSR count). The van der Waals surface area contributed by atoms with Crippen LogP contribution in [-0.4, -0.2) is 25.8 Å². The summed E-state index contributed by atoms with van der Waals surface area (Å²) in [6.45, 7) is -1.51. The van der Waals surface area contributed by atoms with Crippen molar-refractivity contribution in [3.8, 4) is 5.75 Å². The van der Waals surface area contributed by atoms with Gasteiger partial charge in [0.05, 0.1) is 13.5 Å². The van der Waals surface area contributed by atoms with Crippen LogP contribution in [0.3, 0.4) is 0 Å². The average Bonchev–Trinajstić information content (AvgIpc) is 2.28. The van der Waals surface area contributed by atoms with Gasteiger partial charge >= 0.3 is 6.18 Å². The second-order valence-electron chi connectivity index (χ2n) is 3.45. The van der Waals surface area contributed by atoms with Crippen LogP contribution >= 0.6 is 0 Å². The van der Waals surface area contributed by atoms with E-state index in [1.54, 1.807) is 29.7 Å². The number of carbonyl (C=O) groups is 1. The molecule has 0 fully saturated rings. The average molecular weight is 263 g/mol. The maximum atomic E-state index is 11.7. The van der Waals surface area contributed by atoms with Crippen molar-refractivity contribution in [1.82, 2.24) is 5.48 Å². The minimum absolute atomic E-state index is 0.0676. The predicted octanol–water partition coefficient (Wildman–Crippen LogP) is 1.85. The third-order valence-electron chi connectivity index (χ3n) is 1.95. The van der Waals surface area contributed by atoms with Crippen LogP contribution < -0.4 is 10.2 Å². The number of carbonyl (C=O) groups excluding carboxylic acids is 1. The number of methoxy groups -OCH3 is 1. The molecule has 18 heavy (non-hydrogen) atoms. The number of amides is 1. The first-order chi connectivity index (χ1) is 8.40. The van der Waals surface area contributed by atoms with Crippen LogP contribution in [-0.2, 0) is 16.1 Å². The van der Waals surface area contributed by atoms with Crippen molar-refractivity contribution in [3.05, 3.63) is 29.8 Å². The number of rotatable bonds is 5. The zero-order chi connectivity index (χ0) is 13.6. The van der Waals surface area contributed by atoms with Gasteiger partial charge in [0.1, 0.15) is 5.75 Å². The Morgan fingerprint density at radius 3 is 2.39 bits per heavy atom. The largest absolute Gasteiger partial charge is 0.497 e. The highest BCUT2D eigenvalue weighted by Crippen LogP contribution is 2.14. The third-order valence-corrected chi connectivity index (χ3v) is 1.95. The Hall–Kier alpha value is -1.76. The molecule has 0 spiro atoms. The summed E-state index contributed by atoms with van der Waals surface area (Å²) in [6.07, 6.45) is -4.53. The van der Waals surface area contributed by atoms with Gasteiger partial charge in [0.25, 0.3) is 0 Å². The summed E-state index contributed by atoms with van der Waals surface area (Å²) in [5.41, 5.74) is 2.37. The lowest BCUT2D eigenvalue weighted by Crippen LogP contribution is -2.30. The van der Waals surface area contributed by atoms with Crippen LogP contribution in [0, 0.1) is 0 Å². The van der Waals surface area contributed by atoms with Crippen molar-refractivity contribution in [3.63, 3.8) is 0 Å². The van der Waals surface area contributed by atoms with E-state index >= 15 is 0 Å². The van der Waals surface area contributed by atoms with E-state index in [9.17, 15) is 18.0 Å².